The highest BCUT2D eigenvalue weighted by atomic mass is 16.4. The number of hydrogen-bond donors (Lipinski definition) is 1. The van der Waals surface area contributed by atoms with E-state index in [9.17, 15) is 9.90 Å². The van der Waals surface area contributed by atoms with Gasteiger partial charge in [0.25, 0.3) is 0 Å². The van der Waals surface area contributed by atoms with Gasteiger partial charge < -0.3 is 5.11 Å². The first-order chi connectivity index (χ1) is 17.1. The molecule has 0 aromatic rings. The van der Waals surface area contributed by atoms with Gasteiger partial charge in [-0.2, -0.15) is 0 Å². The van der Waals surface area contributed by atoms with Gasteiger partial charge in [0.05, 0.1) is 5.92 Å². The summed E-state index contributed by atoms with van der Waals surface area (Å²) in [4.78, 5) is 11.6. The summed E-state index contributed by atoms with van der Waals surface area (Å²) in [5.74, 6) is 0.181. The van der Waals surface area contributed by atoms with Crippen LogP contribution in [0.1, 0.15) is 181 Å². The van der Waals surface area contributed by atoms with Crippen molar-refractivity contribution >= 4 is 5.97 Å². The molecule has 208 valence electrons. The van der Waals surface area contributed by atoms with Crippen molar-refractivity contribution in [2.24, 2.45) is 11.8 Å². The Morgan fingerprint density at radius 2 is 0.943 bits per heavy atom. The molecule has 0 bridgehead atoms. The molecule has 2 atom stereocenters. The van der Waals surface area contributed by atoms with Gasteiger partial charge in [0.2, 0.25) is 0 Å². The number of allylic oxidation sites excluding steroid dienone is 2. The second-order valence-electron chi connectivity index (χ2n) is 11.4. The summed E-state index contributed by atoms with van der Waals surface area (Å²) < 4.78 is 0. The highest BCUT2D eigenvalue weighted by Crippen LogP contribution is 2.20. The summed E-state index contributed by atoms with van der Waals surface area (Å²) in [5.41, 5.74) is 0. The first kappa shape index (κ1) is 34.2. The Bertz CT molecular complexity index is 456. The molecular formula is C33H64O2. The quantitative estimate of drug-likeness (QED) is 0.0870. The third-order valence-corrected chi connectivity index (χ3v) is 7.72. The average molecular weight is 493 g/mol. The van der Waals surface area contributed by atoms with Gasteiger partial charge in [0, 0.05) is 0 Å². The number of carboxylic acid groups (broad SMARTS) is 1. The van der Waals surface area contributed by atoms with Crippen molar-refractivity contribution < 1.29 is 9.90 Å². The lowest BCUT2D eigenvalue weighted by molar-refractivity contribution is -0.142. The Morgan fingerprint density at radius 3 is 1.46 bits per heavy atom. The Balaban J connectivity index is 3.54. The van der Waals surface area contributed by atoms with Crippen LogP contribution in [0.25, 0.3) is 0 Å². The molecule has 2 heteroatoms. The summed E-state index contributed by atoms with van der Waals surface area (Å²) in [7, 11) is 0. The van der Waals surface area contributed by atoms with E-state index in [-0.39, 0.29) is 5.92 Å². The second kappa shape index (κ2) is 27.8. The van der Waals surface area contributed by atoms with Gasteiger partial charge in [0.15, 0.2) is 0 Å². The summed E-state index contributed by atoms with van der Waals surface area (Å²) >= 11 is 0. The Hall–Kier alpha value is -0.790. The van der Waals surface area contributed by atoms with Crippen LogP contribution >= 0.6 is 0 Å². The molecule has 0 amide bonds. The minimum Gasteiger partial charge on any atom is -0.481 e. The van der Waals surface area contributed by atoms with E-state index in [2.05, 4.69) is 32.9 Å². The minimum absolute atomic E-state index is 0.114. The topological polar surface area (TPSA) is 37.3 Å². The van der Waals surface area contributed by atoms with E-state index in [1.165, 1.54) is 135 Å². The molecule has 0 radical (unpaired) electrons. The molecule has 0 spiro atoms. The fraction of sp³-hybridized carbons (Fsp3) is 0.909. The fourth-order valence-corrected chi connectivity index (χ4v) is 5.13. The largest absolute Gasteiger partial charge is 0.481 e. The van der Waals surface area contributed by atoms with Crippen LogP contribution in [0, 0.1) is 11.8 Å². The third kappa shape index (κ3) is 26.1. The van der Waals surface area contributed by atoms with Gasteiger partial charge in [-0.25, -0.2) is 0 Å². The molecule has 2 unspecified atom stereocenters. The van der Waals surface area contributed by atoms with Gasteiger partial charge in [-0.15, -0.1) is 0 Å². The van der Waals surface area contributed by atoms with Crippen molar-refractivity contribution in [2.45, 2.75) is 181 Å². The van der Waals surface area contributed by atoms with Crippen LogP contribution in [0.4, 0.5) is 0 Å². The molecular weight excluding hydrogens is 428 g/mol. The smallest absolute Gasteiger partial charge is 0.306 e. The molecule has 0 aliphatic carbocycles. The van der Waals surface area contributed by atoms with E-state index in [1.54, 1.807) is 0 Å². The van der Waals surface area contributed by atoms with E-state index in [0.717, 1.165) is 31.6 Å². The molecule has 2 nitrogen and oxygen atoms in total. The fourth-order valence-electron chi connectivity index (χ4n) is 5.13. The van der Waals surface area contributed by atoms with Gasteiger partial charge >= 0.3 is 5.97 Å². The number of aliphatic carboxylic acids is 1. The molecule has 0 saturated heterocycles. The van der Waals surface area contributed by atoms with Gasteiger partial charge in [0.1, 0.15) is 0 Å². The predicted octanol–water partition coefficient (Wildman–Crippen LogP) is 11.7. The normalized spacial score (nSPS) is 13.5. The lowest BCUT2D eigenvalue weighted by atomic mass is 9.94. The van der Waals surface area contributed by atoms with E-state index in [4.69, 9.17) is 0 Å². The summed E-state index contributed by atoms with van der Waals surface area (Å²) in [6.45, 7) is 6.95. The highest BCUT2D eigenvalue weighted by molar-refractivity contribution is 5.69. The third-order valence-electron chi connectivity index (χ3n) is 7.72. The highest BCUT2D eigenvalue weighted by Gasteiger charge is 2.16. The molecule has 0 aromatic carbocycles. The van der Waals surface area contributed by atoms with Crippen molar-refractivity contribution in [3.05, 3.63) is 12.2 Å². The van der Waals surface area contributed by atoms with Gasteiger partial charge in [-0.3, -0.25) is 4.79 Å². The lowest BCUT2D eigenvalue weighted by Gasteiger charge is -2.12. The maximum atomic E-state index is 11.6. The van der Waals surface area contributed by atoms with E-state index in [1.807, 2.05) is 0 Å². The maximum absolute atomic E-state index is 11.6. The Morgan fingerprint density at radius 1 is 0.543 bits per heavy atom. The number of carbonyl (C=O) groups is 1. The predicted molar refractivity (Wildman–Crippen MR) is 156 cm³/mol. The number of carboxylic acids is 1. The zero-order valence-electron chi connectivity index (χ0n) is 24.3. The van der Waals surface area contributed by atoms with Crippen LogP contribution in [-0.2, 0) is 4.79 Å². The molecule has 1 N–H and O–H groups in total. The zero-order valence-corrected chi connectivity index (χ0v) is 24.3. The molecule has 0 rings (SSSR count). The average Bonchev–Trinajstić information content (AvgIpc) is 2.84. The van der Waals surface area contributed by atoms with Crippen LogP contribution in [0.5, 0.6) is 0 Å². The van der Waals surface area contributed by atoms with E-state index in [0.29, 0.717) is 0 Å². The molecule has 0 aliphatic heterocycles. The van der Waals surface area contributed by atoms with Gasteiger partial charge in [-0.05, 0) is 44.4 Å². The van der Waals surface area contributed by atoms with Crippen LogP contribution in [0.15, 0.2) is 12.2 Å². The molecule has 35 heavy (non-hydrogen) atoms. The standard InChI is InChI=1S/C33H64O2/c1-4-6-8-9-10-11-12-13-14-18-21-25-29-32(33(34)35)30-26-22-19-16-15-17-20-24-28-31(3)27-23-7-5-2/h17,20,31-32H,4-16,18-19,21-30H2,1-3H3,(H,34,35)/b20-17-. The van der Waals surface area contributed by atoms with Crippen LogP contribution in [-0.4, -0.2) is 11.1 Å². The minimum atomic E-state index is -0.570. The summed E-state index contributed by atoms with van der Waals surface area (Å²) in [6.07, 6.45) is 36.5. The SMILES string of the molecule is CCCCCCCCCCCCCCC(CCCCCC/C=C\CCC(C)CCCCC)C(=O)O. The maximum Gasteiger partial charge on any atom is 0.306 e. The summed E-state index contributed by atoms with van der Waals surface area (Å²) in [5, 5.41) is 9.56. The Kier molecular flexibility index (Phi) is 27.2. The van der Waals surface area contributed by atoms with Crippen molar-refractivity contribution in [2.75, 3.05) is 0 Å². The molecule has 0 aromatic heterocycles. The second-order valence-corrected chi connectivity index (χ2v) is 11.4. The monoisotopic (exact) mass is 492 g/mol. The number of rotatable bonds is 28. The lowest BCUT2D eigenvalue weighted by Crippen LogP contribution is -2.13. The number of unbranched alkanes of at least 4 members (excludes halogenated alkanes) is 17. The molecule has 0 aliphatic rings. The van der Waals surface area contributed by atoms with Crippen molar-refractivity contribution in [1.82, 2.24) is 0 Å². The first-order valence-corrected chi connectivity index (χ1v) is 16.0. The first-order valence-electron chi connectivity index (χ1n) is 16.0. The Labute approximate surface area is 221 Å². The van der Waals surface area contributed by atoms with Crippen molar-refractivity contribution in [3.63, 3.8) is 0 Å². The van der Waals surface area contributed by atoms with Crippen molar-refractivity contribution in [3.8, 4) is 0 Å². The zero-order chi connectivity index (χ0) is 25.8. The van der Waals surface area contributed by atoms with Crippen LogP contribution in [0.2, 0.25) is 0 Å². The summed E-state index contributed by atoms with van der Waals surface area (Å²) in [6, 6.07) is 0. The number of hydrogen-bond acceptors (Lipinski definition) is 1. The molecule has 0 heterocycles. The molecule has 0 fully saturated rings. The van der Waals surface area contributed by atoms with Crippen LogP contribution < -0.4 is 0 Å². The van der Waals surface area contributed by atoms with E-state index < -0.39 is 5.97 Å². The van der Waals surface area contributed by atoms with E-state index >= 15 is 0 Å². The van der Waals surface area contributed by atoms with Crippen molar-refractivity contribution in [1.29, 1.82) is 0 Å². The molecule has 0 saturated carbocycles. The van der Waals surface area contributed by atoms with Crippen LogP contribution in [0.3, 0.4) is 0 Å². The van der Waals surface area contributed by atoms with Gasteiger partial charge in [-0.1, -0.05) is 155 Å².